The van der Waals surface area contributed by atoms with Gasteiger partial charge in [0.05, 0.1) is 4.47 Å². The molecule has 0 fully saturated rings. The summed E-state index contributed by atoms with van der Waals surface area (Å²) in [5, 5.41) is 3.07. The lowest BCUT2D eigenvalue weighted by molar-refractivity contribution is 0.620. The predicted octanol–water partition coefficient (Wildman–Crippen LogP) is 3.30. The van der Waals surface area contributed by atoms with Crippen LogP contribution in [0.3, 0.4) is 0 Å². The summed E-state index contributed by atoms with van der Waals surface area (Å²) in [5.74, 6) is -0.210. The Morgan fingerprint density at radius 3 is 2.87 bits per heavy atom. The summed E-state index contributed by atoms with van der Waals surface area (Å²) in [6.45, 7) is 0.990. The third kappa shape index (κ3) is 4.58. The molecule has 1 aromatic carbocycles. The highest BCUT2D eigenvalue weighted by Gasteiger charge is 1.98. The molecule has 0 atom stereocenters. The van der Waals surface area contributed by atoms with Crippen molar-refractivity contribution < 1.29 is 4.39 Å². The highest BCUT2D eigenvalue weighted by Crippen LogP contribution is 2.17. The summed E-state index contributed by atoms with van der Waals surface area (Å²) in [4.78, 5) is 0. The van der Waals surface area contributed by atoms with Gasteiger partial charge >= 0.3 is 0 Å². The average Bonchev–Trinajstić information content (AvgIpc) is 2.23. The van der Waals surface area contributed by atoms with E-state index >= 15 is 0 Å². The Bertz CT molecular complexity index is 336. The summed E-state index contributed by atoms with van der Waals surface area (Å²) in [6.07, 6.45) is 6.12. The highest BCUT2D eigenvalue weighted by atomic mass is 79.9. The van der Waals surface area contributed by atoms with Crippen LogP contribution in [0.5, 0.6) is 0 Å². The molecule has 1 nitrogen and oxygen atoms in total. The van der Waals surface area contributed by atoms with E-state index in [1.165, 1.54) is 6.07 Å². The maximum atomic E-state index is 12.9. The molecule has 1 N–H and O–H groups in total. The van der Waals surface area contributed by atoms with Gasteiger partial charge in [0.2, 0.25) is 0 Å². The molecule has 0 unspecified atom stereocenters. The van der Waals surface area contributed by atoms with Crippen molar-refractivity contribution in [2.45, 2.75) is 12.8 Å². The average molecular weight is 272 g/mol. The number of halogens is 2. The van der Waals surface area contributed by atoms with Gasteiger partial charge in [-0.25, -0.2) is 4.39 Å². The SMILES string of the molecule is CNCCC=CCc1ccc(F)c(Br)c1. The monoisotopic (exact) mass is 271 g/mol. The fourth-order valence-electron chi connectivity index (χ4n) is 1.23. The first kappa shape index (κ1) is 12.4. The van der Waals surface area contributed by atoms with Crippen molar-refractivity contribution in [3.8, 4) is 0 Å². The molecule has 82 valence electrons. The van der Waals surface area contributed by atoms with E-state index in [-0.39, 0.29) is 5.82 Å². The Morgan fingerprint density at radius 2 is 2.20 bits per heavy atom. The standard InChI is InChI=1S/C12H15BrFN/c1-15-8-4-2-3-5-10-6-7-12(14)11(13)9-10/h2-3,6-7,9,15H,4-5,8H2,1H3. The van der Waals surface area contributed by atoms with Gasteiger partial charge in [-0.1, -0.05) is 18.2 Å². The zero-order chi connectivity index (χ0) is 11.1. The molecule has 15 heavy (non-hydrogen) atoms. The Labute approximate surface area is 98.5 Å². The largest absolute Gasteiger partial charge is 0.319 e. The fourth-order valence-corrected chi connectivity index (χ4v) is 1.66. The summed E-state index contributed by atoms with van der Waals surface area (Å²) in [6, 6.07) is 5.11. The molecule has 0 heterocycles. The van der Waals surface area contributed by atoms with Gasteiger partial charge in [0.25, 0.3) is 0 Å². The molecule has 3 heteroatoms. The van der Waals surface area contributed by atoms with Crippen molar-refractivity contribution >= 4 is 15.9 Å². The molecule has 0 aliphatic rings. The Hall–Kier alpha value is -0.670. The van der Waals surface area contributed by atoms with Crippen molar-refractivity contribution in [2.75, 3.05) is 13.6 Å². The van der Waals surface area contributed by atoms with Gasteiger partial charge in [0.15, 0.2) is 0 Å². The fraction of sp³-hybridized carbons (Fsp3) is 0.333. The van der Waals surface area contributed by atoms with E-state index < -0.39 is 0 Å². The first-order valence-corrected chi connectivity index (χ1v) is 5.77. The van der Waals surface area contributed by atoms with E-state index in [4.69, 9.17) is 0 Å². The quantitative estimate of drug-likeness (QED) is 0.640. The third-order valence-electron chi connectivity index (χ3n) is 2.07. The second kappa shape index (κ2) is 6.75. The van der Waals surface area contributed by atoms with Crippen LogP contribution in [0.25, 0.3) is 0 Å². The van der Waals surface area contributed by atoms with Crippen molar-refractivity contribution in [2.24, 2.45) is 0 Å². The molecule has 0 amide bonds. The van der Waals surface area contributed by atoms with E-state index in [1.54, 1.807) is 0 Å². The lowest BCUT2D eigenvalue weighted by Crippen LogP contribution is -2.05. The Morgan fingerprint density at radius 1 is 1.40 bits per heavy atom. The number of hydrogen-bond donors (Lipinski definition) is 1. The van der Waals surface area contributed by atoms with Crippen LogP contribution in [0.15, 0.2) is 34.8 Å². The molecule has 0 aliphatic heterocycles. The molecular weight excluding hydrogens is 257 g/mol. The Balaban J connectivity index is 2.44. The van der Waals surface area contributed by atoms with Gasteiger partial charge in [0.1, 0.15) is 5.82 Å². The van der Waals surface area contributed by atoms with Crippen molar-refractivity contribution in [1.82, 2.24) is 5.32 Å². The van der Waals surface area contributed by atoms with Crippen LogP contribution in [0, 0.1) is 5.82 Å². The minimum absolute atomic E-state index is 0.210. The number of hydrogen-bond acceptors (Lipinski definition) is 1. The molecule has 0 saturated heterocycles. The maximum Gasteiger partial charge on any atom is 0.137 e. The highest BCUT2D eigenvalue weighted by molar-refractivity contribution is 9.10. The van der Waals surface area contributed by atoms with Crippen molar-refractivity contribution in [3.63, 3.8) is 0 Å². The van der Waals surface area contributed by atoms with Gasteiger partial charge in [-0.3, -0.25) is 0 Å². The van der Waals surface area contributed by atoms with E-state index in [9.17, 15) is 4.39 Å². The third-order valence-corrected chi connectivity index (χ3v) is 2.67. The molecule has 1 aromatic rings. The van der Waals surface area contributed by atoms with Crippen LogP contribution in [0.4, 0.5) is 4.39 Å². The minimum Gasteiger partial charge on any atom is -0.319 e. The number of nitrogens with one attached hydrogen (secondary N) is 1. The molecule has 0 bridgehead atoms. The maximum absolute atomic E-state index is 12.9. The minimum atomic E-state index is -0.210. The normalized spacial score (nSPS) is 11.1. The molecule has 1 rings (SSSR count). The van der Waals surface area contributed by atoms with E-state index in [2.05, 4.69) is 33.4 Å². The molecule has 0 spiro atoms. The van der Waals surface area contributed by atoms with Crippen LogP contribution in [0.1, 0.15) is 12.0 Å². The first-order valence-electron chi connectivity index (χ1n) is 4.97. The van der Waals surface area contributed by atoms with Gasteiger partial charge in [-0.15, -0.1) is 0 Å². The molecular formula is C12H15BrFN. The number of rotatable bonds is 5. The van der Waals surface area contributed by atoms with Gasteiger partial charge in [-0.05, 0) is 60.1 Å². The predicted molar refractivity (Wildman–Crippen MR) is 65.5 cm³/mol. The van der Waals surface area contributed by atoms with Crippen molar-refractivity contribution in [1.29, 1.82) is 0 Å². The zero-order valence-electron chi connectivity index (χ0n) is 8.76. The van der Waals surface area contributed by atoms with E-state index in [0.717, 1.165) is 24.9 Å². The van der Waals surface area contributed by atoms with Gasteiger partial charge in [0, 0.05) is 0 Å². The zero-order valence-corrected chi connectivity index (χ0v) is 10.3. The van der Waals surface area contributed by atoms with Crippen LogP contribution in [-0.4, -0.2) is 13.6 Å². The molecule has 0 saturated carbocycles. The lowest BCUT2D eigenvalue weighted by atomic mass is 10.1. The second-order valence-corrected chi connectivity index (χ2v) is 4.17. The Kier molecular flexibility index (Phi) is 5.58. The molecule has 0 aromatic heterocycles. The summed E-state index contributed by atoms with van der Waals surface area (Å²) >= 11 is 3.17. The lowest BCUT2D eigenvalue weighted by Gasteiger charge is -1.99. The van der Waals surface area contributed by atoms with Crippen LogP contribution < -0.4 is 5.32 Å². The van der Waals surface area contributed by atoms with Gasteiger partial charge in [-0.2, -0.15) is 0 Å². The van der Waals surface area contributed by atoms with E-state index in [0.29, 0.717) is 4.47 Å². The van der Waals surface area contributed by atoms with Crippen LogP contribution in [0.2, 0.25) is 0 Å². The molecule has 0 aliphatic carbocycles. The summed E-state index contributed by atoms with van der Waals surface area (Å²) in [5.41, 5.74) is 1.11. The smallest absolute Gasteiger partial charge is 0.137 e. The summed E-state index contributed by atoms with van der Waals surface area (Å²) < 4.78 is 13.4. The topological polar surface area (TPSA) is 12.0 Å². The van der Waals surface area contributed by atoms with Crippen molar-refractivity contribution in [3.05, 3.63) is 46.2 Å². The molecule has 0 radical (unpaired) electrons. The van der Waals surface area contributed by atoms with Gasteiger partial charge < -0.3 is 5.32 Å². The number of benzene rings is 1. The van der Waals surface area contributed by atoms with E-state index in [1.807, 2.05) is 19.2 Å². The van der Waals surface area contributed by atoms with Crippen LogP contribution in [-0.2, 0) is 6.42 Å². The first-order chi connectivity index (χ1) is 7.24. The number of allylic oxidation sites excluding steroid dienone is 1. The summed E-state index contributed by atoms with van der Waals surface area (Å²) in [7, 11) is 1.94. The second-order valence-electron chi connectivity index (χ2n) is 3.32. The van der Waals surface area contributed by atoms with Crippen LogP contribution >= 0.6 is 15.9 Å².